The number of nitrogens with zero attached hydrogens (tertiary/aromatic N) is 4. The Labute approximate surface area is 212 Å². The maximum absolute atomic E-state index is 13.4. The van der Waals surface area contributed by atoms with Gasteiger partial charge in [0.05, 0.1) is 12.5 Å². The lowest BCUT2D eigenvalue weighted by Crippen LogP contribution is -2.40. The van der Waals surface area contributed by atoms with Gasteiger partial charge in [-0.1, -0.05) is 23.9 Å². The molecule has 0 N–H and O–H groups in total. The maximum atomic E-state index is 13.4. The van der Waals surface area contributed by atoms with Crippen LogP contribution in [0.25, 0.3) is 0 Å². The minimum absolute atomic E-state index is 0.0800. The lowest BCUT2D eigenvalue weighted by molar-refractivity contribution is -0.149. The maximum Gasteiger partial charge on any atom is 0.433 e. The van der Waals surface area contributed by atoms with E-state index < -0.39 is 11.9 Å². The van der Waals surface area contributed by atoms with Crippen LogP contribution in [0.4, 0.5) is 19.0 Å². The lowest BCUT2D eigenvalue weighted by atomic mass is 9.96. The third kappa shape index (κ3) is 6.48. The number of amides is 1. The zero-order valence-electron chi connectivity index (χ0n) is 20.1. The first-order chi connectivity index (χ1) is 17.2. The highest BCUT2D eigenvalue weighted by atomic mass is 32.2. The van der Waals surface area contributed by atoms with Crippen LogP contribution in [0.3, 0.4) is 0 Å². The van der Waals surface area contributed by atoms with Crippen LogP contribution in [0.5, 0.6) is 0 Å². The third-order valence-corrected chi connectivity index (χ3v) is 7.30. The number of alkyl halides is 3. The molecule has 0 saturated carbocycles. The fraction of sp³-hybridized carbons (Fsp3) is 0.520. The number of benzene rings is 1. The number of hydrogen-bond acceptors (Lipinski definition) is 7. The van der Waals surface area contributed by atoms with E-state index in [0.717, 1.165) is 36.2 Å². The highest BCUT2D eigenvalue weighted by molar-refractivity contribution is 7.98. The van der Waals surface area contributed by atoms with Crippen molar-refractivity contribution in [2.45, 2.75) is 49.7 Å². The number of carbonyl (C=O) groups excluding carboxylic acids is 2. The van der Waals surface area contributed by atoms with Crippen LogP contribution in [0.1, 0.15) is 54.2 Å². The Balaban J connectivity index is 1.36. The van der Waals surface area contributed by atoms with E-state index in [1.54, 1.807) is 36.1 Å². The molecule has 3 heterocycles. The first-order valence-electron chi connectivity index (χ1n) is 12.1. The number of halogens is 3. The topological polar surface area (TPSA) is 75.6 Å². The van der Waals surface area contributed by atoms with Crippen molar-refractivity contribution in [2.75, 3.05) is 37.7 Å². The molecule has 4 rings (SSSR count). The molecule has 1 amide bonds. The van der Waals surface area contributed by atoms with Crippen LogP contribution < -0.4 is 4.90 Å². The molecule has 1 aromatic carbocycles. The van der Waals surface area contributed by atoms with Crippen molar-refractivity contribution in [1.82, 2.24) is 14.9 Å². The largest absolute Gasteiger partial charge is 0.466 e. The number of rotatable bonds is 7. The van der Waals surface area contributed by atoms with Crippen molar-refractivity contribution in [2.24, 2.45) is 5.92 Å². The number of anilines is 1. The normalized spacial score (nSPS) is 16.9. The first-order valence-corrected chi connectivity index (χ1v) is 13.1. The fourth-order valence-electron chi connectivity index (χ4n) is 4.38. The molecule has 2 fully saturated rings. The summed E-state index contributed by atoms with van der Waals surface area (Å²) < 4.78 is 45.2. The van der Waals surface area contributed by atoms with Crippen molar-refractivity contribution < 1.29 is 27.5 Å². The van der Waals surface area contributed by atoms with Crippen LogP contribution in [-0.2, 0) is 21.5 Å². The second-order valence-electron chi connectivity index (χ2n) is 8.89. The Morgan fingerprint density at radius 1 is 1.06 bits per heavy atom. The number of thioether (sulfide) groups is 1. The van der Waals surface area contributed by atoms with Gasteiger partial charge < -0.3 is 14.5 Å². The molecule has 11 heteroatoms. The minimum atomic E-state index is -4.54. The molecule has 2 aliphatic rings. The Morgan fingerprint density at radius 2 is 1.72 bits per heavy atom. The number of carbonyl (C=O) groups is 2. The molecule has 0 atom stereocenters. The Hall–Kier alpha value is -2.82. The molecule has 36 heavy (non-hydrogen) atoms. The number of likely N-dealkylation sites (tertiary alicyclic amines) is 1. The first kappa shape index (κ1) is 26.2. The third-order valence-electron chi connectivity index (χ3n) is 6.38. The molecule has 2 aromatic rings. The number of aromatic nitrogens is 2. The molecular weight excluding hydrogens is 493 g/mol. The van der Waals surface area contributed by atoms with Gasteiger partial charge in [0.2, 0.25) is 0 Å². The van der Waals surface area contributed by atoms with Crippen LogP contribution in [0.15, 0.2) is 35.5 Å². The van der Waals surface area contributed by atoms with E-state index in [2.05, 4.69) is 9.97 Å². The summed E-state index contributed by atoms with van der Waals surface area (Å²) in [4.78, 5) is 36.5. The fourth-order valence-corrected chi connectivity index (χ4v) is 5.19. The highest BCUT2D eigenvalue weighted by Crippen LogP contribution is 2.33. The number of esters is 1. The highest BCUT2D eigenvalue weighted by Gasteiger charge is 2.34. The molecule has 0 radical (unpaired) electrons. The van der Waals surface area contributed by atoms with Crippen LogP contribution in [-0.4, -0.2) is 59.5 Å². The van der Waals surface area contributed by atoms with Crippen LogP contribution >= 0.6 is 11.8 Å². The Bertz CT molecular complexity index is 1070. The summed E-state index contributed by atoms with van der Waals surface area (Å²) in [6.07, 6.45) is -1.52. The van der Waals surface area contributed by atoms with Crippen molar-refractivity contribution in [3.05, 3.63) is 47.2 Å². The van der Waals surface area contributed by atoms with E-state index in [1.165, 1.54) is 0 Å². The molecule has 0 unspecified atom stereocenters. The van der Waals surface area contributed by atoms with E-state index in [1.807, 2.05) is 4.90 Å². The van der Waals surface area contributed by atoms with Gasteiger partial charge in [0, 0.05) is 43.6 Å². The van der Waals surface area contributed by atoms with Gasteiger partial charge in [-0.25, -0.2) is 9.97 Å². The smallest absolute Gasteiger partial charge is 0.433 e. The average molecular weight is 523 g/mol. The lowest BCUT2D eigenvalue weighted by Gasteiger charge is -2.31. The number of hydrogen-bond donors (Lipinski definition) is 0. The monoisotopic (exact) mass is 522 g/mol. The van der Waals surface area contributed by atoms with Crippen molar-refractivity contribution >= 4 is 29.5 Å². The Kier molecular flexibility index (Phi) is 8.38. The molecule has 0 spiro atoms. The van der Waals surface area contributed by atoms with Gasteiger partial charge in [0.1, 0.15) is 5.82 Å². The van der Waals surface area contributed by atoms with E-state index in [4.69, 9.17) is 4.74 Å². The van der Waals surface area contributed by atoms with Crippen molar-refractivity contribution in [3.8, 4) is 0 Å². The number of piperidine rings is 1. The average Bonchev–Trinajstić information content (AvgIpc) is 3.42. The van der Waals surface area contributed by atoms with Gasteiger partial charge in [-0.15, -0.1) is 0 Å². The van der Waals surface area contributed by atoms with Crippen LogP contribution in [0, 0.1) is 5.92 Å². The van der Waals surface area contributed by atoms with Gasteiger partial charge in [-0.2, -0.15) is 13.2 Å². The number of ether oxygens (including phenoxy) is 1. The zero-order valence-corrected chi connectivity index (χ0v) is 20.9. The summed E-state index contributed by atoms with van der Waals surface area (Å²) >= 11 is 1.14. The molecular formula is C25H29F3N4O3S. The van der Waals surface area contributed by atoms with Crippen LogP contribution in [0.2, 0.25) is 0 Å². The van der Waals surface area contributed by atoms with Crippen molar-refractivity contribution in [3.63, 3.8) is 0 Å². The summed E-state index contributed by atoms with van der Waals surface area (Å²) in [6, 6.07) is 8.04. The molecule has 7 nitrogen and oxygen atoms in total. The second-order valence-corrected chi connectivity index (χ2v) is 9.83. The van der Waals surface area contributed by atoms with E-state index in [-0.39, 0.29) is 23.0 Å². The van der Waals surface area contributed by atoms with Crippen molar-refractivity contribution in [1.29, 1.82) is 0 Å². The van der Waals surface area contributed by atoms with Gasteiger partial charge in [-0.3, -0.25) is 9.59 Å². The predicted molar refractivity (Wildman–Crippen MR) is 130 cm³/mol. The van der Waals surface area contributed by atoms with E-state index >= 15 is 0 Å². The molecule has 0 aliphatic carbocycles. The summed E-state index contributed by atoms with van der Waals surface area (Å²) in [5.74, 6) is 0.208. The second kappa shape index (κ2) is 11.5. The van der Waals surface area contributed by atoms with E-state index in [9.17, 15) is 22.8 Å². The zero-order chi connectivity index (χ0) is 25.7. The standard InChI is InChI=1S/C25H29F3N4O3S/c1-2-35-23(34)19-9-13-32(14-10-19)22(33)18-7-5-17(6-8-18)16-36-24-29-20(25(26,27)28)15-21(30-24)31-11-3-4-12-31/h5-8,15,19H,2-4,9-14,16H2,1H3. The molecule has 194 valence electrons. The summed E-state index contributed by atoms with van der Waals surface area (Å²) in [5, 5.41) is 0.0800. The molecule has 2 saturated heterocycles. The molecule has 0 bridgehead atoms. The quantitative estimate of drug-likeness (QED) is 0.294. The van der Waals surface area contributed by atoms with Gasteiger partial charge in [-0.05, 0) is 50.3 Å². The molecule has 2 aliphatic heterocycles. The molecule has 1 aromatic heterocycles. The Morgan fingerprint density at radius 3 is 2.33 bits per heavy atom. The van der Waals surface area contributed by atoms with Gasteiger partial charge >= 0.3 is 12.1 Å². The predicted octanol–water partition coefficient (Wildman–Crippen LogP) is 4.80. The van der Waals surface area contributed by atoms with Gasteiger partial charge in [0.15, 0.2) is 10.9 Å². The van der Waals surface area contributed by atoms with Gasteiger partial charge in [0.25, 0.3) is 5.91 Å². The summed E-state index contributed by atoms with van der Waals surface area (Å²) in [7, 11) is 0. The van der Waals surface area contributed by atoms with E-state index in [0.29, 0.717) is 62.8 Å². The SMILES string of the molecule is CCOC(=O)C1CCN(C(=O)c2ccc(CSc3nc(N4CCCC4)cc(C(F)(F)F)n3)cc2)CC1. The minimum Gasteiger partial charge on any atom is -0.466 e. The summed E-state index contributed by atoms with van der Waals surface area (Å²) in [6.45, 7) is 4.49. The summed E-state index contributed by atoms with van der Waals surface area (Å²) in [5.41, 5.74) is 0.445.